The number of nitrogens with one attached hydrogen (secondary N) is 1. The van der Waals surface area contributed by atoms with Gasteiger partial charge in [0.05, 0.1) is 6.61 Å². The van der Waals surface area contributed by atoms with E-state index in [0.717, 1.165) is 12.5 Å². The van der Waals surface area contributed by atoms with Gasteiger partial charge < -0.3 is 10.1 Å². The van der Waals surface area contributed by atoms with Gasteiger partial charge >= 0.3 is 0 Å². The van der Waals surface area contributed by atoms with Crippen molar-refractivity contribution in [3.05, 3.63) is 22.4 Å². The molecule has 2 rings (SSSR count). The summed E-state index contributed by atoms with van der Waals surface area (Å²) in [6.07, 6.45) is 2.72. The van der Waals surface area contributed by atoms with Crippen LogP contribution in [0.3, 0.4) is 0 Å². The fourth-order valence-electron chi connectivity index (χ4n) is 1.94. The maximum atomic E-state index is 5.26. The van der Waals surface area contributed by atoms with Crippen LogP contribution in [0.15, 0.2) is 17.5 Å². The van der Waals surface area contributed by atoms with Crippen molar-refractivity contribution in [3.63, 3.8) is 0 Å². The Morgan fingerprint density at radius 2 is 2.40 bits per heavy atom. The molecule has 0 aromatic carbocycles. The lowest BCUT2D eigenvalue weighted by molar-refractivity contribution is 0.152. The van der Waals surface area contributed by atoms with E-state index in [0.29, 0.717) is 12.1 Å². The highest BCUT2D eigenvalue weighted by molar-refractivity contribution is 7.10. The summed E-state index contributed by atoms with van der Waals surface area (Å²) >= 11 is 1.82. The second-order valence-corrected chi connectivity index (χ2v) is 5.28. The zero-order chi connectivity index (χ0) is 10.7. The molecule has 1 aliphatic rings. The molecule has 2 atom stereocenters. The third kappa shape index (κ3) is 3.03. The largest absolute Gasteiger partial charge is 0.383 e. The molecule has 3 heteroatoms. The molecule has 1 aromatic heterocycles. The number of rotatable bonds is 6. The fourth-order valence-corrected chi connectivity index (χ4v) is 2.68. The minimum absolute atomic E-state index is 0.450. The Balaban J connectivity index is 1.88. The van der Waals surface area contributed by atoms with Crippen LogP contribution in [0.2, 0.25) is 0 Å². The Bertz CT molecular complexity index is 282. The molecule has 1 fully saturated rings. The predicted molar refractivity (Wildman–Crippen MR) is 64.3 cm³/mol. The Kier molecular flexibility index (Phi) is 3.78. The summed E-state index contributed by atoms with van der Waals surface area (Å²) in [6.45, 7) is 3.07. The van der Waals surface area contributed by atoms with Gasteiger partial charge in [-0.05, 0) is 37.1 Å². The first kappa shape index (κ1) is 11.1. The lowest BCUT2D eigenvalue weighted by atomic mass is 10.1. The highest BCUT2D eigenvalue weighted by Gasteiger charge is 2.31. The quantitative estimate of drug-likeness (QED) is 0.804. The van der Waals surface area contributed by atoms with Crippen LogP contribution in [0.1, 0.15) is 30.7 Å². The third-order valence-electron chi connectivity index (χ3n) is 2.97. The van der Waals surface area contributed by atoms with Crippen molar-refractivity contribution in [1.82, 2.24) is 5.32 Å². The van der Waals surface area contributed by atoms with Crippen LogP contribution < -0.4 is 5.32 Å². The number of methoxy groups -OCH3 is 1. The molecule has 1 aromatic rings. The summed E-state index contributed by atoms with van der Waals surface area (Å²) in [5.74, 6) is 0.840. The van der Waals surface area contributed by atoms with Gasteiger partial charge in [0.15, 0.2) is 0 Å². The number of thiophene rings is 1. The molecule has 0 saturated heterocycles. The van der Waals surface area contributed by atoms with Crippen LogP contribution in [0.25, 0.3) is 0 Å². The molecule has 1 heterocycles. The Labute approximate surface area is 95.6 Å². The lowest BCUT2D eigenvalue weighted by Gasteiger charge is -2.21. The highest BCUT2D eigenvalue weighted by Crippen LogP contribution is 2.34. The van der Waals surface area contributed by atoms with E-state index < -0.39 is 0 Å². The lowest BCUT2D eigenvalue weighted by Crippen LogP contribution is -2.36. The first-order chi connectivity index (χ1) is 7.31. The SMILES string of the molecule is COCC(N[C@H](C)c1cccs1)C1CC1. The second kappa shape index (κ2) is 5.10. The predicted octanol–water partition coefficient (Wildman–Crippen LogP) is 2.82. The van der Waals surface area contributed by atoms with E-state index in [-0.39, 0.29) is 0 Å². The summed E-state index contributed by atoms with van der Waals surface area (Å²) in [5.41, 5.74) is 0. The summed E-state index contributed by atoms with van der Waals surface area (Å²) in [7, 11) is 1.78. The van der Waals surface area contributed by atoms with Crippen molar-refractivity contribution in [2.24, 2.45) is 5.92 Å². The molecular weight excluding hydrogens is 206 g/mol. The normalized spacial score (nSPS) is 20.1. The first-order valence-electron chi connectivity index (χ1n) is 5.59. The van der Waals surface area contributed by atoms with E-state index >= 15 is 0 Å². The van der Waals surface area contributed by atoms with Gasteiger partial charge in [0.1, 0.15) is 0 Å². The van der Waals surface area contributed by atoms with Crippen molar-refractivity contribution in [2.45, 2.75) is 31.8 Å². The summed E-state index contributed by atoms with van der Waals surface area (Å²) in [6, 6.07) is 5.29. The molecule has 0 spiro atoms. The van der Waals surface area contributed by atoms with Gasteiger partial charge in [0.2, 0.25) is 0 Å². The Hall–Kier alpha value is -0.380. The maximum absolute atomic E-state index is 5.26. The van der Waals surface area contributed by atoms with Crippen LogP contribution in [-0.4, -0.2) is 19.8 Å². The van der Waals surface area contributed by atoms with Crippen molar-refractivity contribution >= 4 is 11.3 Å². The summed E-state index contributed by atoms with van der Waals surface area (Å²) < 4.78 is 5.26. The van der Waals surface area contributed by atoms with Gasteiger partial charge in [0, 0.05) is 24.1 Å². The van der Waals surface area contributed by atoms with E-state index in [1.54, 1.807) is 7.11 Å². The van der Waals surface area contributed by atoms with Gasteiger partial charge in [-0.2, -0.15) is 0 Å². The van der Waals surface area contributed by atoms with Crippen LogP contribution in [0.5, 0.6) is 0 Å². The van der Waals surface area contributed by atoms with Gasteiger partial charge in [-0.25, -0.2) is 0 Å². The molecule has 0 amide bonds. The smallest absolute Gasteiger partial charge is 0.0618 e. The van der Waals surface area contributed by atoms with Crippen LogP contribution in [0.4, 0.5) is 0 Å². The van der Waals surface area contributed by atoms with Gasteiger partial charge in [0.25, 0.3) is 0 Å². The van der Waals surface area contributed by atoms with Crippen LogP contribution in [-0.2, 0) is 4.74 Å². The molecule has 0 aliphatic heterocycles. The van der Waals surface area contributed by atoms with Crippen LogP contribution >= 0.6 is 11.3 Å². The molecule has 15 heavy (non-hydrogen) atoms. The van der Waals surface area contributed by atoms with Crippen molar-refractivity contribution < 1.29 is 4.74 Å². The Morgan fingerprint density at radius 3 is 2.93 bits per heavy atom. The zero-order valence-electron chi connectivity index (χ0n) is 9.40. The number of hydrogen-bond acceptors (Lipinski definition) is 3. The highest BCUT2D eigenvalue weighted by atomic mass is 32.1. The molecule has 1 N–H and O–H groups in total. The average Bonchev–Trinajstić information content (AvgIpc) is 2.92. The number of ether oxygens (including phenoxy) is 1. The number of hydrogen-bond donors (Lipinski definition) is 1. The van der Waals surface area contributed by atoms with Crippen molar-refractivity contribution in [1.29, 1.82) is 0 Å². The summed E-state index contributed by atoms with van der Waals surface area (Å²) in [5, 5.41) is 5.80. The average molecular weight is 225 g/mol. The molecular formula is C12H19NOS. The molecule has 84 valence electrons. The van der Waals surface area contributed by atoms with Crippen LogP contribution in [0, 0.1) is 5.92 Å². The molecule has 1 saturated carbocycles. The summed E-state index contributed by atoms with van der Waals surface area (Å²) in [4.78, 5) is 1.41. The maximum Gasteiger partial charge on any atom is 0.0618 e. The van der Waals surface area contributed by atoms with Gasteiger partial charge in [-0.3, -0.25) is 0 Å². The van der Waals surface area contributed by atoms with E-state index in [2.05, 4.69) is 29.8 Å². The fraction of sp³-hybridized carbons (Fsp3) is 0.667. The van der Waals surface area contributed by atoms with E-state index in [4.69, 9.17) is 4.74 Å². The van der Waals surface area contributed by atoms with E-state index in [1.807, 2.05) is 11.3 Å². The minimum Gasteiger partial charge on any atom is -0.383 e. The minimum atomic E-state index is 0.450. The standard InChI is InChI=1S/C12H19NOS/c1-9(12-4-3-7-15-12)13-11(8-14-2)10-5-6-10/h3-4,7,9-11,13H,5-6,8H2,1-2H3/t9-,11?/m1/s1. The first-order valence-corrected chi connectivity index (χ1v) is 6.47. The molecule has 1 aliphatic carbocycles. The molecule has 0 bridgehead atoms. The van der Waals surface area contributed by atoms with E-state index in [1.165, 1.54) is 17.7 Å². The topological polar surface area (TPSA) is 21.3 Å². The second-order valence-electron chi connectivity index (χ2n) is 4.30. The Morgan fingerprint density at radius 1 is 1.60 bits per heavy atom. The van der Waals surface area contributed by atoms with Crippen molar-refractivity contribution in [3.8, 4) is 0 Å². The van der Waals surface area contributed by atoms with Gasteiger partial charge in [-0.1, -0.05) is 6.07 Å². The van der Waals surface area contributed by atoms with E-state index in [9.17, 15) is 0 Å². The molecule has 1 unspecified atom stereocenters. The monoisotopic (exact) mass is 225 g/mol. The van der Waals surface area contributed by atoms with Crippen molar-refractivity contribution in [2.75, 3.05) is 13.7 Å². The molecule has 2 nitrogen and oxygen atoms in total. The third-order valence-corrected chi connectivity index (χ3v) is 4.03. The zero-order valence-corrected chi connectivity index (χ0v) is 10.2. The molecule has 0 radical (unpaired) electrons. The van der Waals surface area contributed by atoms with Gasteiger partial charge in [-0.15, -0.1) is 11.3 Å².